The third kappa shape index (κ3) is 2.31. The molecule has 0 aliphatic carbocycles. The molecule has 0 amide bonds. The van der Waals surface area contributed by atoms with Crippen molar-refractivity contribution in [1.29, 1.82) is 0 Å². The quantitative estimate of drug-likeness (QED) is 0.817. The van der Waals surface area contributed by atoms with Crippen LogP contribution in [0.1, 0.15) is 17.4 Å². The summed E-state index contributed by atoms with van der Waals surface area (Å²) in [6.07, 6.45) is 0.596. The number of halogens is 1. The van der Waals surface area contributed by atoms with Gasteiger partial charge in [0.1, 0.15) is 0 Å². The largest absolute Gasteiger partial charge is 0.321 e. The molecule has 0 aliphatic heterocycles. The lowest BCUT2D eigenvalue weighted by atomic mass is 10.1. The van der Waals surface area contributed by atoms with Crippen LogP contribution in [0, 0.1) is 0 Å². The van der Waals surface area contributed by atoms with Crippen LogP contribution in [0.2, 0.25) is 5.02 Å². The zero-order valence-electron chi connectivity index (χ0n) is 7.89. The first-order chi connectivity index (χ1) is 7.27. The number of H-pyrrole nitrogens is 1. The van der Waals surface area contributed by atoms with Crippen molar-refractivity contribution in [2.45, 2.75) is 12.5 Å². The molecule has 1 aromatic carbocycles. The normalized spacial score (nSPS) is 12.7. The second-order valence-electron chi connectivity index (χ2n) is 3.17. The molecular formula is C9H10ClN5. The molecule has 5 nitrogen and oxygen atoms in total. The first-order valence-electron chi connectivity index (χ1n) is 4.49. The van der Waals surface area contributed by atoms with E-state index >= 15 is 0 Å². The average Bonchev–Trinajstić information content (AvgIpc) is 2.74. The van der Waals surface area contributed by atoms with Crippen LogP contribution < -0.4 is 5.73 Å². The van der Waals surface area contributed by atoms with E-state index in [2.05, 4.69) is 20.6 Å². The fraction of sp³-hybridized carbons (Fsp3) is 0.222. The number of benzene rings is 1. The SMILES string of the molecule is NC(Cc1ccccc1Cl)c1nn[nH]n1. The Morgan fingerprint density at radius 3 is 2.87 bits per heavy atom. The van der Waals surface area contributed by atoms with Crippen LogP contribution in [-0.4, -0.2) is 20.6 Å². The molecule has 6 heteroatoms. The summed E-state index contributed by atoms with van der Waals surface area (Å²) in [6.45, 7) is 0. The maximum atomic E-state index is 6.01. The number of nitrogens with zero attached hydrogens (tertiary/aromatic N) is 3. The highest BCUT2D eigenvalue weighted by atomic mass is 35.5. The van der Waals surface area contributed by atoms with Gasteiger partial charge in [0.2, 0.25) is 0 Å². The molecule has 0 radical (unpaired) electrons. The first kappa shape index (κ1) is 10.1. The van der Waals surface area contributed by atoms with Crippen molar-refractivity contribution in [2.24, 2.45) is 5.73 Å². The van der Waals surface area contributed by atoms with Gasteiger partial charge in [-0.3, -0.25) is 0 Å². The van der Waals surface area contributed by atoms with Crippen LogP contribution in [0.4, 0.5) is 0 Å². The van der Waals surface area contributed by atoms with Gasteiger partial charge in [-0.2, -0.15) is 5.21 Å². The Bertz CT molecular complexity index is 428. The Balaban J connectivity index is 2.13. The van der Waals surface area contributed by atoms with Gasteiger partial charge in [0.25, 0.3) is 0 Å². The Morgan fingerprint density at radius 2 is 2.20 bits per heavy atom. The number of aromatic nitrogens is 4. The van der Waals surface area contributed by atoms with E-state index in [-0.39, 0.29) is 6.04 Å². The third-order valence-electron chi connectivity index (χ3n) is 2.09. The number of nitrogens with one attached hydrogen (secondary N) is 1. The summed E-state index contributed by atoms with van der Waals surface area (Å²) in [7, 11) is 0. The fourth-order valence-electron chi connectivity index (χ4n) is 1.32. The van der Waals surface area contributed by atoms with Gasteiger partial charge in [-0.25, -0.2) is 0 Å². The zero-order chi connectivity index (χ0) is 10.7. The highest BCUT2D eigenvalue weighted by molar-refractivity contribution is 6.31. The Kier molecular flexibility index (Phi) is 2.94. The molecule has 1 atom stereocenters. The van der Waals surface area contributed by atoms with Crippen LogP contribution in [0.3, 0.4) is 0 Å². The summed E-state index contributed by atoms with van der Waals surface area (Å²) in [6, 6.07) is 7.28. The fourth-order valence-corrected chi connectivity index (χ4v) is 1.53. The van der Waals surface area contributed by atoms with E-state index in [1.54, 1.807) is 0 Å². The average molecular weight is 224 g/mol. The molecule has 1 unspecified atom stereocenters. The van der Waals surface area contributed by atoms with E-state index in [9.17, 15) is 0 Å². The van der Waals surface area contributed by atoms with Gasteiger partial charge in [0.15, 0.2) is 5.82 Å². The van der Waals surface area contributed by atoms with Gasteiger partial charge in [0.05, 0.1) is 6.04 Å². The van der Waals surface area contributed by atoms with E-state index in [1.807, 2.05) is 24.3 Å². The van der Waals surface area contributed by atoms with Crippen LogP contribution >= 0.6 is 11.6 Å². The molecular weight excluding hydrogens is 214 g/mol. The number of aromatic amines is 1. The Labute approximate surface area is 91.6 Å². The minimum atomic E-state index is -0.288. The predicted octanol–water partition coefficient (Wildman–Crippen LogP) is 1.10. The summed E-state index contributed by atoms with van der Waals surface area (Å²) < 4.78 is 0. The maximum absolute atomic E-state index is 6.01. The monoisotopic (exact) mass is 223 g/mol. The third-order valence-corrected chi connectivity index (χ3v) is 2.46. The highest BCUT2D eigenvalue weighted by Gasteiger charge is 2.12. The van der Waals surface area contributed by atoms with Crippen molar-refractivity contribution in [2.75, 3.05) is 0 Å². The minimum Gasteiger partial charge on any atom is -0.321 e. The summed E-state index contributed by atoms with van der Waals surface area (Å²) in [5.74, 6) is 0.495. The highest BCUT2D eigenvalue weighted by Crippen LogP contribution is 2.19. The zero-order valence-corrected chi connectivity index (χ0v) is 8.65. The molecule has 2 rings (SSSR count). The lowest BCUT2D eigenvalue weighted by molar-refractivity contribution is 0.669. The van der Waals surface area contributed by atoms with Gasteiger partial charge < -0.3 is 5.73 Å². The molecule has 0 bridgehead atoms. The molecule has 3 N–H and O–H groups in total. The van der Waals surface area contributed by atoms with E-state index in [1.165, 1.54) is 0 Å². The van der Waals surface area contributed by atoms with Crippen molar-refractivity contribution in [3.8, 4) is 0 Å². The lowest BCUT2D eigenvalue weighted by Crippen LogP contribution is -2.15. The van der Waals surface area contributed by atoms with Gasteiger partial charge in [-0.15, -0.1) is 10.2 Å². The van der Waals surface area contributed by atoms with E-state index in [0.717, 1.165) is 5.56 Å². The molecule has 15 heavy (non-hydrogen) atoms. The lowest BCUT2D eigenvalue weighted by Gasteiger charge is -2.08. The molecule has 2 aromatic rings. The second-order valence-corrected chi connectivity index (χ2v) is 3.58. The number of tetrazole rings is 1. The molecule has 0 spiro atoms. The number of hydrogen-bond acceptors (Lipinski definition) is 4. The summed E-state index contributed by atoms with van der Waals surface area (Å²) >= 11 is 6.01. The van der Waals surface area contributed by atoms with Gasteiger partial charge in [-0.05, 0) is 18.1 Å². The predicted molar refractivity (Wildman–Crippen MR) is 56.3 cm³/mol. The van der Waals surface area contributed by atoms with Crippen molar-refractivity contribution in [3.63, 3.8) is 0 Å². The smallest absolute Gasteiger partial charge is 0.191 e. The summed E-state index contributed by atoms with van der Waals surface area (Å²) in [4.78, 5) is 0. The van der Waals surface area contributed by atoms with Crippen molar-refractivity contribution >= 4 is 11.6 Å². The summed E-state index contributed by atoms with van der Waals surface area (Å²) in [5.41, 5.74) is 6.88. The molecule has 0 fully saturated rings. The Morgan fingerprint density at radius 1 is 1.40 bits per heavy atom. The Hall–Kier alpha value is -1.46. The maximum Gasteiger partial charge on any atom is 0.191 e. The standard InChI is InChI=1S/C9H10ClN5/c10-7-4-2-1-3-6(7)5-8(11)9-12-14-15-13-9/h1-4,8H,5,11H2,(H,12,13,14,15). The van der Waals surface area contributed by atoms with Gasteiger partial charge in [0, 0.05) is 5.02 Å². The van der Waals surface area contributed by atoms with Crippen LogP contribution in [-0.2, 0) is 6.42 Å². The van der Waals surface area contributed by atoms with E-state index in [4.69, 9.17) is 17.3 Å². The van der Waals surface area contributed by atoms with E-state index < -0.39 is 0 Å². The second kappa shape index (κ2) is 4.37. The van der Waals surface area contributed by atoms with Crippen molar-refractivity contribution in [3.05, 3.63) is 40.7 Å². The van der Waals surface area contributed by atoms with Crippen LogP contribution in [0.15, 0.2) is 24.3 Å². The number of rotatable bonds is 3. The van der Waals surface area contributed by atoms with Gasteiger partial charge in [-0.1, -0.05) is 35.0 Å². The minimum absolute atomic E-state index is 0.288. The van der Waals surface area contributed by atoms with Gasteiger partial charge >= 0.3 is 0 Å². The number of hydrogen-bond donors (Lipinski definition) is 2. The summed E-state index contributed by atoms with van der Waals surface area (Å²) in [5, 5.41) is 14.2. The first-order valence-corrected chi connectivity index (χ1v) is 4.87. The molecule has 1 heterocycles. The van der Waals surface area contributed by atoms with E-state index in [0.29, 0.717) is 17.3 Å². The topological polar surface area (TPSA) is 80.5 Å². The molecule has 0 saturated heterocycles. The van der Waals surface area contributed by atoms with Crippen molar-refractivity contribution in [1.82, 2.24) is 20.6 Å². The molecule has 1 aromatic heterocycles. The molecule has 0 aliphatic rings. The van der Waals surface area contributed by atoms with Crippen molar-refractivity contribution < 1.29 is 0 Å². The molecule has 0 saturated carbocycles. The number of nitrogens with two attached hydrogens (primary N) is 1. The molecule has 78 valence electrons. The van der Waals surface area contributed by atoms with Crippen LogP contribution in [0.25, 0.3) is 0 Å². The van der Waals surface area contributed by atoms with Crippen LogP contribution in [0.5, 0.6) is 0 Å².